The largest absolute Gasteiger partial charge is 0.496 e. The van der Waals surface area contributed by atoms with E-state index in [-0.39, 0.29) is 11.7 Å². The van der Waals surface area contributed by atoms with Crippen molar-refractivity contribution in [2.24, 2.45) is 0 Å². The molecule has 162 valence electrons. The highest BCUT2D eigenvalue weighted by Crippen LogP contribution is 2.37. The fourth-order valence-corrected chi connectivity index (χ4v) is 3.71. The lowest BCUT2D eigenvalue weighted by Gasteiger charge is -2.10. The number of fused-ring (bicyclic) bond motifs is 1. The lowest BCUT2D eigenvalue weighted by molar-refractivity contribution is -0.111. The van der Waals surface area contributed by atoms with Crippen molar-refractivity contribution in [1.29, 1.82) is 0 Å². The molecule has 1 aromatic heterocycles. The van der Waals surface area contributed by atoms with Gasteiger partial charge < -0.3 is 14.5 Å². The Balaban J connectivity index is 1.69. The van der Waals surface area contributed by atoms with Crippen LogP contribution in [0.25, 0.3) is 27.7 Å². The second kappa shape index (κ2) is 9.07. The maximum absolute atomic E-state index is 13.3. The first-order chi connectivity index (χ1) is 15.4. The molecule has 4 aromatic rings. The molecule has 0 saturated heterocycles. The number of benzene rings is 3. The van der Waals surface area contributed by atoms with E-state index in [4.69, 9.17) is 32.4 Å². The summed E-state index contributed by atoms with van der Waals surface area (Å²) in [4.78, 5) is 12.6. The standard InChI is InChI=1S/C25H18Cl2FNO3/c1-14(9-25(30)29-17-7-8-21(26)22(27)10-17)18-11-19-20(15-3-5-16(28)6-4-15)13-32-24(19)12-23(18)31-2/h3-13H,1-2H3,(H,29,30)/b14-9+. The molecule has 1 amide bonds. The summed E-state index contributed by atoms with van der Waals surface area (Å²) in [7, 11) is 1.55. The molecule has 0 aliphatic heterocycles. The molecule has 4 rings (SSSR count). The van der Waals surface area contributed by atoms with Crippen LogP contribution >= 0.6 is 23.2 Å². The molecular formula is C25H18Cl2FNO3. The van der Waals surface area contributed by atoms with E-state index in [2.05, 4.69) is 5.32 Å². The van der Waals surface area contributed by atoms with Crippen LogP contribution in [0.5, 0.6) is 5.75 Å². The van der Waals surface area contributed by atoms with Crippen molar-refractivity contribution < 1.29 is 18.3 Å². The van der Waals surface area contributed by atoms with Crippen LogP contribution in [0, 0.1) is 5.82 Å². The molecule has 4 nitrogen and oxygen atoms in total. The van der Waals surface area contributed by atoms with Gasteiger partial charge in [-0.1, -0.05) is 35.3 Å². The summed E-state index contributed by atoms with van der Waals surface area (Å²) in [6.45, 7) is 1.82. The number of halogens is 3. The first-order valence-electron chi connectivity index (χ1n) is 9.65. The predicted octanol–water partition coefficient (Wildman–Crippen LogP) is 7.60. The quantitative estimate of drug-likeness (QED) is 0.306. The number of ether oxygens (including phenoxy) is 1. The topological polar surface area (TPSA) is 51.5 Å². The van der Waals surface area contributed by atoms with Gasteiger partial charge in [-0.3, -0.25) is 4.79 Å². The Bertz CT molecular complexity index is 1340. The van der Waals surface area contributed by atoms with Crippen LogP contribution in [-0.4, -0.2) is 13.0 Å². The zero-order valence-electron chi connectivity index (χ0n) is 17.2. The molecule has 0 spiro atoms. The van der Waals surface area contributed by atoms with E-state index in [1.165, 1.54) is 18.2 Å². The maximum Gasteiger partial charge on any atom is 0.248 e. The summed E-state index contributed by atoms with van der Waals surface area (Å²) < 4.78 is 24.5. The minimum atomic E-state index is -0.325. The van der Waals surface area contributed by atoms with Crippen LogP contribution in [0.3, 0.4) is 0 Å². The molecule has 3 aromatic carbocycles. The molecule has 0 saturated carbocycles. The second-order valence-corrected chi connectivity index (χ2v) is 7.96. The van der Waals surface area contributed by atoms with Gasteiger partial charge in [-0.25, -0.2) is 4.39 Å². The number of amides is 1. The highest BCUT2D eigenvalue weighted by Gasteiger charge is 2.15. The third kappa shape index (κ3) is 4.49. The zero-order chi connectivity index (χ0) is 22.8. The molecule has 0 unspecified atom stereocenters. The van der Waals surface area contributed by atoms with Crippen molar-refractivity contribution >= 4 is 51.3 Å². The van der Waals surface area contributed by atoms with Gasteiger partial charge in [0.25, 0.3) is 0 Å². The second-order valence-electron chi connectivity index (χ2n) is 7.15. The SMILES string of the molecule is COc1cc2occ(-c3ccc(F)cc3)c2cc1/C(C)=C/C(=O)Nc1ccc(Cl)c(Cl)c1. The predicted molar refractivity (Wildman–Crippen MR) is 127 cm³/mol. The Labute approximate surface area is 194 Å². The van der Waals surface area contributed by atoms with Gasteiger partial charge in [-0.15, -0.1) is 0 Å². The fraction of sp³-hybridized carbons (Fsp3) is 0.0800. The van der Waals surface area contributed by atoms with Crippen molar-refractivity contribution in [2.45, 2.75) is 6.92 Å². The first-order valence-corrected chi connectivity index (χ1v) is 10.4. The molecule has 0 fully saturated rings. The Kier molecular flexibility index (Phi) is 6.21. The van der Waals surface area contributed by atoms with E-state index in [1.54, 1.807) is 49.8 Å². The monoisotopic (exact) mass is 469 g/mol. The van der Waals surface area contributed by atoms with Gasteiger partial charge in [-0.2, -0.15) is 0 Å². The van der Waals surface area contributed by atoms with Gasteiger partial charge in [0.05, 0.1) is 23.4 Å². The Morgan fingerprint density at radius 3 is 2.50 bits per heavy atom. The molecule has 0 radical (unpaired) electrons. The van der Waals surface area contributed by atoms with Crippen molar-refractivity contribution in [3.63, 3.8) is 0 Å². The van der Waals surface area contributed by atoms with Crippen LogP contribution in [0.15, 0.2) is 71.4 Å². The van der Waals surface area contributed by atoms with Crippen LogP contribution in [-0.2, 0) is 4.79 Å². The summed E-state index contributed by atoms with van der Waals surface area (Å²) in [5.41, 5.74) is 4.21. The van der Waals surface area contributed by atoms with Crippen LogP contribution in [0.4, 0.5) is 10.1 Å². The zero-order valence-corrected chi connectivity index (χ0v) is 18.7. The molecule has 1 heterocycles. The number of hydrogen-bond acceptors (Lipinski definition) is 3. The van der Waals surface area contributed by atoms with E-state index < -0.39 is 0 Å². The van der Waals surface area contributed by atoms with Gasteiger partial charge in [0.2, 0.25) is 5.91 Å². The van der Waals surface area contributed by atoms with Crippen LogP contribution in [0.1, 0.15) is 12.5 Å². The number of methoxy groups -OCH3 is 1. The summed E-state index contributed by atoms with van der Waals surface area (Å²) in [6.07, 6.45) is 3.10. The number of hydrogen-bond donors (Lipinski definition) is 1. The highest BCUT2D eigenvalue weighted by molar-refractivity contribution is 6.42. The number of anilines is 1. The fourth-order valence-electron chi connectivity index (χ4n) is 3.41. The molecule has 0 aliphatic rings. The summed E-state index contributed by atoms with van der Waals surface area (Å²) >= 11 is 11.9. The Hall–Kier alpha value is -3.28. The van der Waals surface area contributed by atoms with Crippen molar-refractivity contribution in [3.8, 4) is 16.9 Å². The minimum absolute atomic E-state index is 0.310. The van der Waals surface area contributed by atoms with E-state index in [1.807, 2.05) is 13.0 Å². The normalized spacial score (nSPS) is 11.6. The Morgan fingerprint density at radius 2 is 1.81 bits per heavy atom. The summed E-state index contributed by atoms with van der Waals surface area (Å²) in [6, 6.07) is 14.7. The molecule has 0 atom stereocenters. The van der Waals surface area contributed by atoms with E-state index >= 15 is 0 Å². The number of furan rings is 1. The minimum Gasteiger partial charge on any atom is -0.496 e. The molecule has 32 heavy (non-hydrogen) atoms. The number of allylic oxidation sites excluding steroid dienone is 1. The number of rotatable bonds is 5. The summed E-state index contributed by atoms with van der Waals surface area (Å²) in [5.74, 6) is -0.0711. The number of nitrogens with one attached hydrogen (secondary N) is 1. The van der Waals surface area contributed by atoms with Gasteiger partial charge >= 0.3 is 0 Å². The lowest BCUT2D eigenvalue weighted by Crippen LogP contribution is -2.08. The third-order valence-corrected chi connectivity index (χ3v) is 5.75. The number of carbonyl (C=O) groups excluding carboxylic acids is 1. The lowest BCUT2D eigenvalue weighted by atomic mass is 9.99. The van der Waals surface area contributed by atoms with Gasteiger partial charge in [-0.05, 0) is 54.5 Å². The maximum atomic E-state index is 13.3. The van der Waals surface area contributed by atoms with Crippen molar-refractivity contribution in [2.75, 3.05) is 12.4 Å². The number of carbonyl (C=O) groups is 1. The van der Waals surface area contributed by atoms with E-state index in [0.29, 0.717) is 32.6 Å². The molecule has 7 heteroatoms. The molecule has 1 N–H and O–H groups in total. The van der Waals surface area contributed by atoms with E-state index in [0.717, 1.165) is 22.1 Å². The molecule has 0 aliphatic carbocycles. The van der Waals surface area contributed by atoms with Crippen molar-refractivity contribution in [3.05, 3.63) is 88.4 Å². The van der Waals surface area contributed by atoms with Gasteiger partial charge in [0.1, 0.15) is 17.1 Å². The smallest absolute Gasteiger partial charge is 0.248 e. The third-order valence-electron chi connectivity index (χ3n) is 5.01. The molecular weight excluding hydrogens is 452 g/mol. The van der Waals surface area contributed by atoms with Gasteiger partial charge in [0.15, 0.2) is 0 Å². The summed E-state index contributed by atoms with van der Waals surface area (Å²) in [5, 5.41) is 4.35. The average molecular weight is 470 g/mol. The van der Waals surface area contributed by atoms with Crippen LogP contribution in [0.2, 0.25) is 10.0 Å². The van der Waals surface area contributed by atoms with Crippen LogP contribution < -0.4 is 10.1 Å². The first kappa shape index (κ1) is 21.9. The average Bonchev–Trinajstić information content (AvgIpc) is 3.18. The van der Waals surface area contributed by atoms with Crippen molar-refractivity contribution in [1.82, 2.24) is 0 Å². The highest BCUT2D eigenvalue weighted by atomic mass is 35.5. The van der Waals surface area contributed by atoms with Gasteiger partial charge in [0, 0.05) is 34.3 Å². The molecule has 0 bridgehead atoms. The van der Waals surface area contributed by atoms with E-state index in [9.17, 15) is 9.18 Å². The Morgan fingerprint density at radius 1 is 1.06 bits per heavy atom.